The summed E-state index contributed by atoms with van der Waals surface area (Å²) < 4.78 is 1.94. The van der Waals surface area contributed by atoms with Crippen LogP contribution in [0.15, 0.2) is 53.7 Å². The van der Waals surface area contributed by atoms with Gasteiger partial charge in [-0.25, -0.2) is 4.99 Å². The van der Waals surface area contributed by atoms with Crippen LogP contribution >= 0.6 is 0 Å². The quantitative estimate of drug-likeness (QED) is 0.453. The van der Waals surface area contributed by atoms with E-state index < -0.39 is 0 Å². The van der Waals surface area contributed by atoms with Gasteiger partial charge in [0.1, 0.15) is 0 Å². The first-order valence-electron chi connectivity index (χ1n) is 8.83. The predicted molar refractivity (Wildman–Crippen MR) is 104 cm³/mol. The maximum absolute atomic E-state index is 11.6. The smallest absolute Gasteiger partial charge is 0.251 e. The lowest BCUT2D eigenvalue weighted by Crippen LogP contribution is -2.37. The van der Waals surface area contributed by atoms with Gasteiger partial charge >= 0.3 is 0 Å². The molecule has 3 rings (SSSR count). The van der Waals surface area contributed by atoms with Crippen LogP contribution < -0.4 is 16.0 Å². The minimum absolute atomic E-state index is 0.0967. The fourth-order valence-corrected chi connectivity index (χ4v) is 2.59. The van der Waals surface area contributed by atoms with Crippen LogP contribution in [0.1, 0.15) is 28.7 Å². The molecule has 0 saturated heterocycles. The molecule has 0 fully saturated rings. The van der Waals surface area contributed by atoms with Crippen LogP contribution in [0, 0.1) is 0 Å². The van der Waals surface area contributed by atoms with Gasteiger partial charge in [-0.2, -0.15) is 0 Å². The van der Waals surface area contributed by atoms with Crippen LogP contribution in [0.5, 0.6) is 0 Å². The van der Waals surface area contributed by atoms with Crippen LogP contribution in [0.3, 0.4) is 0 Å². The van der Waals surface area contributed by atoms with Gasteiger partial charge in [-0.05, 0) is 36.8 Å². The minimum atomic E-state index is -0.0967. The normalized spacial score (nSPS) is 11.4. The number of nitrogens with one attached hydrogen (secondary N) is 3. The third-order valence-corrected chi connectivity index (χ3v) is 4.01. The van der Waals surface area contributed by atoms with E-state index in [1.54, 1.807) is 19.2 Å². The van der Waals surface area contributed by atoms with Crippen molar-refractivity contribution in [2.75, 3.05) is 13.6 Å². The van der Waals surface area contributed by atoms with E-state index in [4.69, 9.17) is 0 Å². The lowest BCUT2D eigenvalue weighted by Gasteiger charge is -2.10. The molecule has 0 aliphatic heterocycles. The number of rotatable bonds is 6. The van der Waals surface area contributed by atoms with Crippen molar-refractivity contribution in [3.8, 4) is 0 Å². The zero-order chi connectivity index (χ0) is 19.1. The van der Waals surface area contributed by atoms with Gasteiger partial charge in [-0.3, -0.25) is 9.20 Å². The van der Waals surface area contributed by atoms with Crippen LogP contribution in [-0.2, 0) is 13.1 Å². The fraction of sp³-hybridized carbons (Fsp3) is 0.263. The van der Waals surface area contributed by atoms with Crippen LogP contribution in [0.4, 0.5) is 0 Å². The molecule has 0 aliphatic rings. The number of carbonyl (C=O) groups is 1. The summed E-state index contributed by atoms with van der Waals surface area (Å²) in [6.45, 7) is 3.78. The standard InChI is InChI=1S/C19H23N7O/c1-3-21-19(22-12-14-7-9-15(10-8-14)18(27)20-2)23-13-17-25-24-16-6-4-5-11-26(16)17/h4-11H,3,12-13H2,1-2H3,(H,20,27)(H2,21,22,23). The SMILES string of the molecule is CCNC(=NCc1ccc(C(=O)NC)cc1)NCc1nnc2ccccn12. The van der Waals surface area contributed by atoms with E-state index in [-0.39, 0.29) is 5.91 Å². The van der Waals surface area contributed by atoms with Crippen molar-refractivity contribution in [3.05, 3.63) is 65.6 Å². The van der Waals surface area contributed by atoms with Crippen molar-refractivity contribution < 1.29 is 4.79 Å². The van der Waals surface area contributed by atoms with Crippen molar-refractivity contribution in [1.82, 2.24) is 30.5 Å². The third kappa shape index (κ3) is 4.60. The molecule has 2 heterocycles. The highest BCUT2D eigenvalue weighted by atomic mass is 16.1. The molecular formula is C19H23N7O. The van der Waals surface area contributed by atoms with Gasteiger partial charge in [0.15, 0.2) is 17.4 Å². The Morgan fingerprint density at radius 1 is 1.11 bits per heavy atom. The van der Waals surface area contributed by atoms with Gasteiger partial charge < -0.3 is 16.0 Å². The molecule has 27 heavy (non-hydrogen) atoms. The van der Waals surface area contributed by atoms with Gasteiger partial charge in [-0.15, -0.1) is 10.2 Å². The van der Waals surface area contributed by atoms with E-state index in [0.717, 1.165) is 23.6 Å². The number of pyridine rings is 1. The van der Waals surface area contributed by atoms with Gasteiger partial charge in [0, 0.05) is 25.4 Å². The summed E-state index contributed by atoms with van der Waals surface area (Å²) in [6.07, 6.45) is 1.93. The van der Waals surface area contributed by atoms with E-state index in [1.165, 1.54) is 0 Å². The molecule has 8 heteroatoms. The molecule has 3 N–H and O–H groups in total. The van der Waals surface area contributed by atoms with Crippen molar-refractivity contribution in [2.45, 2.75) is 20.0 Å². The second kappa shape index (κ2) is 8.79. The molecule has 1 aromatic carbocycles. The minimum Gasteiger partial charge on any atom is -0.357 e. The topological polar surface area (TPSA) is 95.7 Å². The molecule has 140 valence electrons. The van der Waals surface area contributed by atoms with E-state index in [9.17, 15) is 4.79 Å². The molecule has 0 spiro atoms. The maximum atomic E-state index is 11.6. The lowest BCUT2D eigenvalue weighted by molar-refractivity contribution is 0.0963. The van der Waals surface area contributed by atoms with Crippen LogP contribution in [-0.4, -0.2) is 40.1 Å². The number of aromatic nitrogens is 3. The Kier molecular flexibility index (Phi) is 5.98. The van der Waals surface area contributed by atoms with E-state index >= 15 is 0 Å². The average molecular weight is 365 g/mol. The summed E-state index contributed by atoms with van der Waals surface area (Å²) in [5, 5.41) is 17.5. The van der Waals surface area contributed by atoms with E-state index in [1.807, 2.05) is 47.9 Å². The Bertz CT molecular complexity index is 931. The van der Waals surface area contributed by atoms with Gasteiger partial charge in [0.25, 0.3) is 5.91 Å². The third-order valence-electron chi connectivity index (χ3n) is 4.01. The van der Waals surface area contributed by atoms with E-state index in [0.29, 0.717) is 24.6 Å². The monoisotopic (exact) mass is 365 g/mol. The molecule has 2 aromatic heterocycles. The summed E-state index contributed by atoms with van der Waals surface area (Å²) in [7, 11) is 1.62. The Balaban J connectivity index is 1.65. The molecule has 0 bridgehead atoms. The summed E-state index contributed by atoms with van der Waals surface area (Å²) in [5.74, 6) is 1.41. The van der Waals surface area contributed by atoms with Crippen molar-refractivity contribution in [3.63, 3.8) is 0 Å². The Morgan fingerprint density at radius 2 is 1.93 bits per heavy atom. The molecule has 0 aliphatic carbocycles. The van der Waals surface area contributed by atoms with Gasteiger partial charge in [0.05, 0.1) is 13.1 Å². The largest absolute Gasteiger partial charge is 0.357 e. The first-order valence-corrected chi connectivity index (χ1v) is 8.83. The number of amides is 1. The highest BCUT2D eigenvalue weighted by molar-refractivity contribution is 5.93. The zero-order valence-corrected chi connectivity index (χ0v) is 15.4. The zero-order valence-electron chi connectivity index (χ0n) is 15.4. The molecule has 3 aromatic rings. The molecule has 0 atom stereocenters. The lowest BCUT2D eigenvalue weighted by atomic mass is 10.1. The Labute approximate surface area is 157 Å². The second-order valence-corrected chi connectivity index (χ2v) is 5.87. The molecule has 0 unspecified atom stereocenters. The van der Waals surface area contributed by atoms with Gasteiger partial charge in [0.2, 0.25) is 0 Å². The average Bonchev–Trinajstić information content (AvgIpc) is 3.13. The number of nitrogens with zero attached hydrogens (tertiary/aromatic N) is 4. The maximum Gasteiger partial charge on any atom is 0.251 e. The Hall–Kier alpha value is -3.42. The number of aliphatic imine (C=N–C) groups is 1. The summed E-state index contributed by atoms with van der Waals surface area (Å²) in [5.41, 5.74) is 2.47. The molecular weight excluding hydrogens is 342 g/mol. The van der Waals surface area contributed by atoms with Crippen LogP contribution in [0.2, 0.25) is 0 Å². The molecule has 8 nitrogen and oxygen atoms in total. The van der Waals surface area contributed by atoms with Crippen molar-refractivity contribution in [2.24, 2.45) is 4.99 Å². The number of guanidine groups is 1. The fourth-order valence-electron chi connectivity index (χ4n) is 2.59. The van der Waals surface area contributed by atoms with Crippen LogP contribution in [0.25, 0.3) is 5.65 Å². The van der Waals surface area contributed by atoms with Crippen molar-refractivity contribution >= 4 is 17.5 Å². The molecule has 0 radical (unpaired) electrons. The predicted octanol–water partition coefficient (Wildman–Crippen LogP) is 1.34. The summed E-state index contributed by atoms with van der Waals surface area (Å²) in [6, 6.07) is 13.2. The first-order chi connectivity index (χ1) is 13.2. The number of hydrogen-bond donors (Lipinski definition) is 3. The Morgan fingerprint density at radius 3 is 2.67 bits per heavy atom. The number of fused-ring (bicyclic) bond motifs is 1. The molecule has 1 amide bonds. The highest BCUT2D eigenvalue weighted by Crippen LogP contribution is 2.06. The number of benzene rings is 1. The second-order valence-electron chi connectivity index (χ2n) is 5.87. The molecule has 0 saturated carbocycles. The first kappa shape index (κ1) is 18.4. The number of hydrogen-bond acceptors (Lipinski definition) is 4. The summed E-state index contributed by atoms with van der Waals surface area (Å²) in [4.78, 5) is 16.2. The van der Waals surface area contributed by atoms with E-state index in [2.05, 4.69) is 31.1 Å². The number of carbonyl (C=O) groups excluding carboxylic acids is 1. The highest BCUT2D eigenvalue weighted by Gasteiger charge is 2.06. The van der Waals surface area contributed by atoms with Crippen molar-refractivity contribution in [1.29, 1.82) is 0 Å². The summed E-state index contributed by atoms with van der Waals surface area (Å²) >= 11 is 0. The van der Waals surface area contributed by atoms with Gasteiger partial charge in [-0.1, -0.05) is 18.2 Å².